The van der Waals surface area contributed by atoms with Crippen molar-refractivity contribution in [3.63, 3.8) is 0 Å². The Morgan fingerprint density at radius 1 is 1.18 bits per heavy atom. The summed E-state index contributed by atoms with van der Waals surface area (Å²) in [5, 5.41) is 24.8. The summed E-state index contributed by atoms with van der Waals surface area (Å²) < 4.78 is 20.7. The lowest BCUT2D eigenvalue weighted by Gasteiger charge is -2.12. The molecule has 4 rings (SSSR count). The zero-order chi connectivity index (χ0) is 19.7. The Kier molecular flexibility index (Phi) is 4.82. The summed E-state index contributed by atoms with van der Waals surface area (Å²) in [5.74, 6) is -0.559. The van der Waals surface area contributed by atoms with Gasteiger partial charge in [0.25, 0.3) is 0 Å². The second-order valence-corrected chi connectivity index (χ2v) is 6.72. The molecule has 0 spiro atoms. The van der Waals surface area contributed by atoms with Crippen LogP contribution in [0.1, 0.15) is 16.8 Å². The molecule has 9 heteroatoms. The maximum atomic E-state index is 15.1. The van der Waals surface area contributed by atoms with E-state index in [4.69, 9.17) is 33.2 Å². The van der Waals surface area contributed by atoms with Gasteiger partial charge in [0, 0.05) is 16.8 Å². The number of fused-ring (bicyclic) bond motifs is 1. The zero-order valence-electron chi connectivity index (χ0n) is 14.1. The summed E-state index contributed by atoms with van der Waals surface area (Å²) in [6.45, 7) is 0. The number of aromatic amines is 1. The number of ether oxygens (including phenoxy) is 1. The van der Waals surface area contributed by atoms with Crippen molar-refractivity contribution in [3.05, 3.63) is 75.3 Å². The summed E-state index contributed by atoms with van der Waals surface area (Å²) in [7, 11) is 0. The van der Waals surface area contributed by atoms with Crippen LogP contribution in [-0.4, -0.2) is 20.4 Å². The Hall–Kier alpha value is -3.21. The molecule has 0 saturated heterocycles. The molecule has 2 aromatic carbocycles. The minimum absolute atomic E-state index is 0.0949. The highest BCUT2D eigenvalue weighted by Crippen LogP contribution is 2.36. The Bertz CT molecular complexity index is 1230. The van der Waals surface area contributed by atoms with Gasteiger partial charge in [0.1, 0.15) is 5.75 Å². The Balaban J connectivity index is 1.70. The van der Waals surface area contributed by atoms with Crippen molar-refractivity contribution in [1.29, 1.82) is 5.26 Å². The van der Waals surface area contributed by atoms with Crippen LogP contribution in [0.4, 0.5) is 4.39 Å². The van der Waals surface area contributed by atoms with Crippen molar-refractivity contribution in [2.24, 2.45) is 0 Å². The van der Waals surface area contributed by atoms with E-state index in [1.807, 2.05) is 6.07 Å². The first-order valence-corrected chi connectivity index (χ1v) is 8.81. The number of hydrogen-bond donors (Lipinski definition) is 1. The Morgan fingerprint density at radius 2 is 2.04 bits per heavy atom. The second kappa shape index (κ2) is 7.43. The van der Waals surface area contributed by atoms with Crippen molar-refractivity contribution in [3.8, 4) is 17.6 Å². The van der Waals surface area contributed by atoms with Crippen molar-refractivity contribution >= 4 is 34.2 Å². The molecule has 2 aromatic heterocycles. The minimum atomic E-state index is -0.621. The number of nitrogens with one attached hydrogen (secondary N) is 1. The van der Waals surface area contributed by atoms with Gasteiger partial charge >= 0.3 is 0 Å². The highest BCUT2D eigenvalue weighted by Gasteiger charge is 2.18. The molecular formula is C19H10Cl2FN5O. The predicted octanol–water partition coefficient (Wildman–Crippen LogP) is 5.05. The smallest absolute Gasteiger partial charge is 0.181 e. The molecule has 0 aliphatic carbocycles. The number of halogens is 3. The van der Waals surface area contributed by atoms with E-state index in [1.54, 1.807) is 24.4 Å². The van der Waals surface area contributed by atoms with Crippen LogP contribution in [0.15, 0.2) is 42.6 Å². The topological polar surface area (TPSA) is 87.5 Å². The molecule has 6 nitrogen and oxygen atoms in total. The molecule has 138 valence electrons. The van der Waals surface area contributed by atoms with E-state index in [9.17, 15) is 0 Å². The lowest BCUT2D eigenvalue weighted by atomic mass is 10.1. The van der Waals surface area contributed by atoms with E-state index in [0.29, 0.717) is 27.5 Å². The van der Waals surface area contributed by atoms with E-state index in [2.05, 4.69) is 20.4 Å². The first-order valence-electron chi connectivity index (χ1n) is 8.05. The molecule has 0 amide bonds. The van der Waals surface area contributed by atoms with E-state index >= 15 is 4.39 Å². The van der Waals surface area contributed by atoms with Crippen LogP contribution < -0.4 is 4.74 Å². The molecule has 0 atom stereocenters. The van der Waals surface area contributed by atoms with Crippen molar-refractivity contribution < 1.29 is 9.13 Å². The van der Waals surface area contributed by atoms with E-state index in [1.165, 1.54) is 18.2 Å². The standard InChI is InChI=1S/C19H10Cl2FN5O/c20-12-5-10(9-23)6-13(8-12)28-18-15(21)2-1-11(17(18)22)7-16-14-3-4-24-26-19(14)27-25-16/h1-6,8H,7H2,(H,25,26,27). The third-order valence-corrected chi connectivity index (χ3v) is 4.55. The largest absolute Gasteiger partial charge is 0.453 e. The van der Waals surface area contributed by atoms with E-state index < -0.39 is 5.82 Å². The molecule has 28 heavy (non-hydrogen) atoms. The van der Waals surface area contributed by atoms with Gasteiger partial charge in [0.05, 0.1) is 28.5 Å². The van der Waals surface area contributed by atoms with Gasteiger partial charge in [-0.25, -0.2) is 4.39 Å². The third-order valence-electron chi connectivity index (χ3n) is 4.04. The van der Waals surface area contributed by atoms with Gasteiger partial charge in [0.2, 0.25) is 0 Å². The lowest BCUT2D eigenvalue weighted by molar-refractivity contribution is 0.439. The molecule has 2 heterocycles. The fourth-order valence-corrected chi connectivity index (χ4v) is 3.16. The Labute approximate surface area is 168 Å². The van der Waals surface area contributed by atoms with Crippen LogP contribution in [0, 0.1) is 17.1 Å². The molecule has 0 bridgehead atoms. The summed E-state index contributed by atoms with van der Waals surface area (Å²) in [6, 6.07) is 11.2. The van der Waals surface area contributed by atoms with Gasteiger partial charge in [0.15, 0.2) is 17.2 Å². The van der Waals surface area contributed by atoms with E-state index in [-0.39, 0.29) is 22.9 Å². The highest BCUT2D eigenvalue weighted by molar-refractivity contribution is 6.32. The third kappa shape index (κ3) is 3.48. The van der Waals surface area contributed by atoms with Crippen LogP contribution in [0.25, 0.3) is 11.0 Å². The normalized spacial score (nSPS) is 10.8. The first-order chi connectivity index (χ1) is 13.5. The van der Waals surface area contributed by atoms with Gasteiger partial charge in [-0.3, -0.25) is 5.10 Å². The van der Waals surface area contributed by atoms with Crippen molar-refractivity contribution in [2.45, 2.75) is 6.42 Å². The van der Waals surface area contributed by atoms with Crippen LogP contribution in [0.5, 0.6) is 11.5 Å². The molecule has 0 radical (unpaired) electrons. The Morgan fingerprint density at radius 3 is 2.86 bits per heavy atom. The van der Waals surface area contributed by atoms with Crippen molar-refractivity contribution in [1.82, 2.24) is 20.4 Å². The maximum absolute atomic E-state index is 15.1. The average Bonchev–Trinajstić information content (AvgIpc) is 3.10. The second-order valence-electron chi connectivity index (χ2n) is 5.88. The molecular weight excluding hydrogens is 404 g/mol. The van der Waals surface area contributed by atoms with Gasteiger partial charge < -0.3 is 4.74 Å². The van der Waals surface area contributed by atoms with Crippen LogP contribution in [0.3, 0.4) is 0 Å². The maximum Gasteiger partial charge on any atom is 0.181 e. The molecule has 0 unspecified atom stereocenters. The summed E-state index contributed by atoms with van der Waals surface area (Å²) in [4.78, 5) is 0. The van der Waals surface area contributed by atoms with Crippen LogP contribution in [0.2, 0.25) is 10.0 Å². The zero-order valence-corrected chi connectivity index (χ0v) is 15.6. The molecule has 4 aromatic rings. The summed E-state index contributed by atoms with van der Waals surface area (Å²) >= 11 is 12.1. The van der Waals surface area contributed by atoms with Crippen molar-refractivity contribution in [2.75, 3.05) is 0 Å². The number of benzene rings is 2. The quantitative estimate of drug-likeness (QED) is 0.505. The average molecular weight is 414 g/mol. The fraction of sp³-hybridized carbons (Fsp3) is 0.0526. The number of H-pyrrole nitrogens is 1. The lowest BCUT2D eigenvalue weighted by Crippen LogP contribution is -1.98. The first kappa shape index (κ1) is 18.2. The van der Waals surface area contributed by atoms with Crippen LogP contribution >= 0.6 is 23.2 Å². The number of hydrogen-bond acceptors (Lipinski definition) is 5. The SMILES string of the molecule is N#Cc1cc(Cl)cc(Oc2c(Cl)ccc(Cc3n[nH]c4nnccc34)c2F)c1. The summed E-state index contributed by atoms with van der Waals surface area (Å²) in [5.41, 5.74) is 1.77. The highest BCUT2D eigenvalue weighted by atomic mass is 35.5. The number of nitriles is 1. The van der Waals surface area contributed by atoms with Gasteiger partial charge in [-0.05, 0) is 35.9 Å². The number of aromatic nitrogens is 4. The summed E-state index contributed by atoms with van der Waals surface area (Å²) in [6.07, 6.45) is 1.74. The monoisotopic (exact) mass is 413 g/mol. The molecule has 0 aliphatic rings. The molecule has 0 fully saturated rings. The minimum Gasteiger partial charge on any atom is -0.453 e. The van der Waals surface area contributed by atoms with Gasteiger partial charge in [-0.2, -0.15) is 15.5 Å². The van der Waals surface area contributed by atoms with E-state index in [0.717, 1.165) is 5.39 Å². The molecule has 1 N–H and O–H groups in total. The molecule has 0 aliphatic heterocycles. The van der Waals surface area contributed by atoms with Crippen LogP contribution in [-0.2, 0) is 6.42 Å². The number of nitrogens with zero attached hydrogens (tertiary/aromatic N) is 4. The van der Waals surface area contributed by atoms with Gasteiger partial charge in [-0.1, -0.05) is 29.3 Å². The van der Waals surface area contributed by atoms with Gasteiger partial charge in [-0.15, -0.1) is 5.10 Å². The fourth-order valence-electron chi connectivity index (χ4n) is 2.75. The molecule has 0 saturated carbocycles. The predicted molar refractivity (Wildman–Crippen MR) is 102 cm³/mol. The number of rotatable bonds is 4.